The van der Waals surface area contributed by atoms with Gasteiger partial charge in [-0.2, -0.15) is 5.26 Å². The fourth-order valence-corrected chi connectivity index (χ4v) is 2.95. The Bertz CT molecular complexity index is 649. The van der Waals surface area contributed by atoms with Crippen LogP contribution < -0.4 is 5.32 Å². The molecule has 0 bridgehead atoms. The highest BCUT2D eigenvalue weighted by Gasteiger charge is 2.47. The van der Waals surface area contributed by atoms with Crippen molar-refractivity contribution in [1.29, 1.82) is 5.26 Å². The van der Waals surface area contributed by atoms with Crippen LogP contribution in [0.5, 0.6) is 0 Å². The molecular weight excluding hydrogens is 238 g/mol. The monoisotopic (exact) mass is 255 g/mol. The topological polar surface area (TPSA) is 50.0 Å². The van der Waals surface area contributed by atoms with Gasteiger partial charge in [-0.3, -0.25) is 0 Å². The van der Waals surface area contributed by atoms with Crippen molar-refractivity contribution in [2.45, 2.75) is 6.04 Å². The van der Waals surface area contributed by atoms with E-state index in [1.807, 2.05) is 26.2 Å². The fourth-order valence-electron chi connectivity index (χ4n) is 2.95. The van der Waals surface area contributed by atoms with Crippen molar-refractivity contribution in [2.75, 3.05) is 20.3 Å². The van der Waals surface area contributed by atoms with E-state index in [9.17, 15) is 5.26 Å². The second-order valence-electron chi connectivity index (χ2n) is 5.19. The molecule has 0 radical (unpaired) electrons. The van der Waals surface area contributed by atoms with Crippen LogP contribution in [0.25, 0.3) is 10.9 Å². The maximum atomic E-state index is 9.50. The largest absolute Gasteiger partial charge is 0.378 e. The molecule has 1 aromatic carbocycles. The summed E-state index contributed by atoms with van der Waals surface area (Å²) >= 11 is 0. The van der Waals surface area contributed by atoms with Gasteiger partial charge in [0.15, 0.2) is 0 Å². The van der Waals surface area contributed by atoms with Gasteiger partial charge in [-0.25, -0.2) is 0 Å². The summed E-state index contributed by atoms with van der Waals surface area (Å²) in [5, 5.41) is 14.0. The first kappa shape index (κ1) is 12.2. The first-order valence-corrected chi connectivity index (χ1v) is 6.42. The average molecular weight is 255 g/mol. The molecule has 1 aliphatic rings. The number of hydrogen-bond donors (Lipinski definition) is 1. The number of rotatable bonds is 3. The maximum absolute atomic E-state index is 9.50. The van der Waals surface area contributed by atoms with Crippen LogP contribution in [0, 0.1) is 16.7 Å². The number of nitrogens with zero attached hydrogens (tertiary/aromatic N) is 2. The molecule has 3 rings (SSSR count). The molecule has 0 aliphatic carbocycles. The van der Waals surface area contributed by atoms with E-state index in [-0.39, 0.29) is 6.04 Å². The zero-order valence-electron chi connectivity index (χ0n) is 11.2. The summed E-state index contributed by atoms with van der Waals surface area (Å²) in [7, 11) is 3.94. The van der Waals surface area contributed by atoms with Crippen molar-refractivity contribution in [3.05, 3.63) is 36.0 Å². The quantitative estimate of drug-likeness (QED) is 0.912. The first-order valence-electron chi connectivity index (χ1n) is 6.42. The molecule has 2 heterocycles. The average Bonchev–Trinajstić information content (AvgIpc) is 2.72. The van der Waals surface area contributed by atoms with Crippen LogP contribution in [0.15, 0.2) is 30.5 Å². The number of hydrogen-bond acceptors (Lipinski definition) is 3. The predicted molar refractivity (Wildman–Crippen MR) is 73.6 cm³/mol. The number of benzene rings is 1. The molecule has 0 spiro atoms. The fraction of sp³-hybridized carbons (Fsp3) is 0.400. The Morgan fingerprint density at radius 3 is 2.74 bits per heavy atom. The van der Waals surface area contributed by atoms with Crippen LogP contribution in [0.3, 0.4) is 0 Å². The van der Waals surface area contributed by atoms with Crippen molar-refractivity contribution in [2.24, 2.45) is 12.5 Å². The summed E-state index contributed by atoms with van der Waals surface area (Å²) in [6.45, 7) is 0.996. The lowest BCUT2D eigenvalue weighted by Crippen LogP contribution is -2.50. The highest BCUT2D eigenvalue weighted by Crippen LogP contribution is 2.42. The molecular formula is C15H17N3O. The van der Waals surface area contributed by atoms with E-state index < -0.39 is 5.41 Å². The van der Waals surface area contributed by atoms with Gasteiger partial charge in [-0.15, -0.1) is 0 Å². The van der Waals surface area contributed by atoms with Gasteiger partial charge in [0.25, 0.3) is 0 Å². The number of aromatic nitrogens is 1. The molecule has 4 nitrogen and oxygen atoms in total. The van der Waals surface area contributed by atoms with Crippen molar-refractivity contribution < 1.29 is 4.74 Å². The lowest BCUT2D eigenvalue weighted by molar-refractivity contribution is -0.0961. The lowest BCUT2D eigenvalue weighted by Gasteiger charge is -2.41. The van der Waals surface area contributed by atoms with Crippen molar-refractivity contribution in [1.82, 2.24) is 9.88 Å². The van der Waals surface area contributed by atoms with E-state index in [4.69, 9.17) is 4.74 Å². The number of nitriles is 1. The van der Waals surface area contributed by atoms with Crippen molar-refractivity contribution in [3.63, 3.8) is 0 Å². The highest BCUT2D eigenvalue weighted by molar-refractivity contribution is 5.84. The van der Waals surface area contributed by atoms with Crippen molar-refractivity contribution in [3.8, 4) is 6.07 Å². The van der Waals surface area contributed by atoms with Gasteiger partial charge < -0.3 is 14.6 Å². The number of fused-ring (bicyclic) bond motifs is 1. The van der Waals surface area contributed by atoms with Gasteiger partial charge in [-0.05, 0) is 18.7 Å². The molecule has 0 amide bonds. The van der Waals surface area contributed by atoms with Crippen LogP contribution in [-0.2, 0) is 11.8 Å². The summed E-state index contributed by atoms with van der Waals surface area (Å²) in [5.74, 6) is 0. The minimum absolute atomic E-state index is 0.00245. The van der Waals surface area contributed by atoms with Gasteiger partial charge >= 0.3 is 0 Å². The number of para-hydroxylation sites is 1. The standard InChI is InChI=1S/C15H17N3O/c1-17-14(15(8-16)9-19-10-15)12-7-18(2)13-6-4-3-5-11(12)13/h3-7,14,17H,9-10H2,1-2H3. The molecule has 1 N–H and O–H groups in total. The molecule has 0 saturated carbocycles. The molecule has 1 fully saturated rings. The van der Waals surface area contributed by atoms with Crippen LogP contribution >= 0.6 is 0 Å². The van der Waals surface area contributed by atoms with E-state index in [0.717, 1.165) is 0 Å². The van der Waals surface area contributed by atoms with Crippen LogP contribution in [0.4, 0.5) is 0 Å². The van der Waals surface area contributed by atoms with E-state index in [1.165, 1.54) is 16.5 Å². The Morgan fingerprint density at radius 2 is 2.16 bits per heavy atom. The maximum Gasteiger partial charge on any atom is 0.123 e. The second-order valence-corrected chi connectivity index (χ2v) is 5.19. The molecule has 98 valence electrons. The van der Waals surface area contributed by atoms with Crippen LogP contribution in [0.2, 0.25) is 0 Å². The van der Waals surface area contributed by atoms with E-state index in [0.29, 0.717) is 13.2 Å². The zero-order valence-corrected chi connectivity index (χ0v) is 11.2. The highest BCUT2D eigenvalue weighted by atomic mass is 16.5. The van der Waals surface area contributed by atoms with E-state index >= 15 is 0 Å². The number of ether oxygens (including phenoxy) is 1. The van der Waals surface area contributed by atoms with E-state index in [2.05, 4.69) is 34.3 Å². The second kappa shape index (κ2) is 4.37. The Balaban J connectivity index is 2.15. The summed E-state index contributed by atoms with van der Waals surface area (Å²) in [4.78, 5) is 0. The Kier molecular flexibility index (Phi) is 2.81. The Labute approximate surface area is 112 Å². The summed E-state index contributed by atoms with van der Waals surface area (Å²) in [6, 6.07) is 10.7. The minimum Gasteiger partial charge on any atom is -0.378 e. The summed E-state index contributed by atoms with van der Waals surface area (Å²) in [5.41, 5.74) is 1.91. The molecule has 1 unspecified atom stereocenters. The Hall–Kier alpha value is -1.83. The van der Waals surface area contributed by atoms with Gasteiger partial charge in [0.1, 0.15) is 5.41 Å². The first-order chi connectivity index (χ1) is 9.22. The molecule has 19 heavy (non-hydrogen) atoms. The van der Waals surface area contributed by atoms with Gasteiger partial charge in [0.05, 0.1) is 25.3 Å². The normalized spacial score (nSPS) is 18.8. The van der Waals surface area contributed by atoms with Gasteiger partial charge in [-0.1, -0.05) is 18.2 Å². The smallest absolute Gasteiger partial charge is 0.123 e. The molecule has 1 aromatic heterocycles. The molecule has 4 heteroatoms. The van der Waals surface area contributed by atoms with Crippen LogP contribution in [-0.4, -0.2) is 24.8 Å². The third-order valence-corrected chi connectivity index (χ3v) is 4.02. The SMILES string of the molecule is CNC(c1cn(C)c2ccccc12)C1(C#N)COC1. The minimum atomic E-state index is -0.446. The third kappa shape index (κ3) is 1.66. The van der Waals surface area contributed by atoms with Gasteiger partial charge in [0, 0.05) is 24.1 Å². The molecule has 2 aromatic rings. The van der Waals surface area contributed by atoms with E-state index in [1.54, 1.807) is 0 Å². The lowest BCUT2D eigenvalue weighted by atomic mass is 9.76. The third-order valence-electron chi connectivity index (χ3n) is 4.02. The number of nitrogens with one attached hydrogen (secondary N) is 1. The molecule has 1 aliphatic heterocycles. The summed E-state index contributed by atoms with van der Waals surface area (Å²) in [6.07, 6.45) is 2.11. The molecule has 1 atom stereocenters. The predicted octanol–water partition coefficient (Wildman–Crippen LogP) is 1.98. The van der Waals surface area contributed by atoms with Gasteiger partial charge in [0.2, 0.25) is 0 Å². The van der Waals surface area contributed by atoms with Crippen molar-refractivity contribution >= 4 is 10.9 Å². The summed E-state index contributed by atoms with van der Waals surface area (Å²) < 4.78 is 7.39. The zero-order chi connectivity index (χ0) is 13.5. The number of aryl methyl sites for hydroxylation is 1. The Morgan fingerprint density at radius 1 is 1.42 bits per heavy atom. The molecule has 1 saturated heterocycles. The van der Waals surface area contributed by atoms with Crippen LogP contribution in [0.1, 0.15) is 11.6 Å².